The minimum Gasteiger partial charge on any atom is -0.390 e. The van der Waals surface area contributed by atoms with Gasteiger partial charge in [0.15, 0.2) is 0 Å². The number of nitrogens with zero attached hydrogens (tertiary/aromatic N) is 1. The van der Waals surface area contributed by atoms with E-state index in [4.69, 9.17) is 4.74 Å². The summed E-state index contributed by atoms with van der Waals surface area (Å²) in [4.78, 5) is 2.27. The van der Waals surface area contributed by atoms with Crippen LogP contribution in [0.25, 0.3) is 0 Å². The van der Waals surface area contributed by atoms with E-state index in [2.05, 4.69) is 34.5 Å². The Bertz CT molecular complexity index is 432. The van der Waals surface area contributed by atoms with Crippen molar-refractivity contribution in [3.8, 4) is 0 Å². The molecule has 1 fully saturated rings. The van der Waals surface area contributed by atoms with Gasteiger partial charge in [0.2, 0.25) is 0 Å². The summed E-state index contributed by atoms with van der Waals surface area (Å²) in [6, 6.07) is 8.64. The molecule has 20 heavy (non-hydrogen) atoms. The van der Waals surface area contributed by atoms with Gasteiger partial charge in [-0.15, -0.1) is 0 Å². The molecule has 2 atom stereocenters. The topological polar surface area (TPSA) is 44.7 Å². The molecule has 2 unspecified atom stereocenters. The Hall–Kier alpha value is -0.940. The standard InChI is InChI=1S/C16H24N2O2/c19-15(12-18-5-7-20-8-6-18)11-17-10-14-9-13-3-1-2-4-16(13)14/h1-4,14-15,17,19H,5-12H2. The summed E-state index contributed by atoms with van der Waals surface area (Å²) in [6.45, 7) is 5.85. The van der Waals surface area contributed by atoms with Crippen LogP contribution in [0.2, 0.25) is 0 Å². The second-order valence-corrected chi connectivity index (χ2v) is 5.82. The third-order valence-electron chi connectivity index (χ3n) is 4.30. The van der Waals surface area contributed by atoms with Crippen LogP contribution in [0.5, 0.6) is 0 Å². The first-order chi connectivity index (χ1) is 9.83. The van der Waals surface area contributed by atoms with Crippen LogP contribution in [0.4, 0.5) is 0 Å². The second kappa shape index (κ2) is 6.68. The SMILES string of the molecule is OC(CNCC1Cc2ccccc21)CN1CCOCC1. The quantitative estimate of drug-likeness (QED) is 0.799. The van der Waals surface area contributed by atoms with Crippen LogP contribution < -0.4 is 5.32 Å². The van der Waals surface area contributed by atoms with Crippen molar-refractivity contribution in [1.29, 1.82) is 0 Å². The monoisotopic (exact) mass is 276 g/mol. The smallest absolute Gasteiger partial charge is 0.0791 e. The maximum Gasteiger partial charge on any atom is 0.0791 e. The first-order valence-electron chi connectivity index (χ1n) is 7.59. The van der Waals surface area contributed by atoms with Crippen LogP contribution in [0.1, 0.15) is 17.0 Å². The summed E-state index contributed by atoms with van der Waals surface area (Å²) in [7, 11) is 0. The van der Waals surface area contributed by atoms with Gasteiger partial charge in [-0.05, 0) is 17.5 Å². The molecule has 110 valence electrons. The first kappa shape index (κ1) is 14.0. The molecule has 0 radical (unpaired) electrons. The van der Waals surface area contributed by atoms with Gasteiger partial charge < -0.3 is 15.2 Å². The van der Waals surface area contributed by atoms with Gasteiger partial charge in [-0.3, -0.25) is 4.90 Å². The Morgan fingerprint density at radius 3 is 2.90 bits per heavy atom. The highest BCUT2D eigenvalue weighted by atomic mass is 16.5. The van der Waals surface area contributed by atoms with Crippen molar-refractivity contribution in [2.45, 2.75) is 18.4 Å². The fraction of sp³-hybridized carbons (Fsp3) is 0.625. The van der Waals surface area contributed by atoms with E-state index in [1.165, 1.54) is 17.5 Å². The highest BCUT2D eigenvalue weighted by Gasteiger charge is 2.25. The molecular weight excluding hydrogens is 252 g/mol. The van der Waals surface area contributed by atoms with E-state index in [-0.39, 0.29) is 6.10 Å². The summed E-state index contributed by atoms with van der Waals surface area (Å²) in [5.74, 6) is 0.627. The van der Waals surface area contributed by atoms with Crippen molar-refractivity contribution in [2.75, 3.05) is 45.9 Å². The molecule has 4 nitrogen and oxygen atoms in total. The van der Waals surface area contributed by atoms with Crippen LogP contribution in [-0.2, 0) is 11.2 Å². The molecule has 1 aromatic carbocycles. The molecule has 0 spiro atoms. The van der Waals surface area contributed by atoms with E-state index in [1.807, 2.05) is 0 Å². The number of β-amino-alcohol motifs (C(OH)–C–C–N with tert-alkyl or cyclic N) is 1. The van der Waals surface area contributed by atoms with E-state index >= 15 is 0 Å². The van der Waals surface area contributed by atoms with Gasteiger partial charge in [0.25, 0.3) is 0 Å². The fourth-order valence-electron chi connectivity index (χ4n) is 3.12. The molecule has 0 saturated carbocycles. The van der Waals surface area contributed by atoms with E-state index in [0.717, 1.165) is 39.4 Å². The van der Waals surface area contributed by atoms with E-state index < -0.39 is 0 Å². The number of morpholine rings is 1. The van der Waals surface area contributed by atoms with Gasteiger partial charge >= 0.3 is 0 Å². The third kappa shape index (κ3) is 3.38. The summed E-state index contributed by atoms with van der Waals surface area (Å²) in [6.07, 6.45) is 0.881. The molecule has 1 aliphatic carbocycles. The van der Waals surface area contributed by atoms with E-state index in [1.54, 1.807) is 0 Å². The Kier molecular flexibility index (Phi) is 4.68. The predicted octanol–water partition coefficient (Wildman–Crippen LogP) is 0.609. The maximum atomic E-state index is 10.1. The lowest BCUT2D eigenvalue weighted by Crippen LogP contribution is -2.44. The number of rotatable bonds is 6. The number of hydrogen-bond acceptors (Lipinski definition) is 4. The number of aliphatic hydroxyl groups is 1. The molecule has 1 aromatic rings. The van der Waals surface area contributed by atoms with Crippen LogP contribution >= 0.6 is 0 Å². The minimum atomic E-state index is -0.288. The van der Waals surface area contributed by atoms with E-state index in [9.17, 15) is 5.11 Å². The zero-order valence-corrected chi connectivity index (χ0v) is 11.9. The highest BCUT2D eigenvalue weighted by Crippen LogP contribution is 2.33. The number of aliphatic hydroxyl groups excluding tert-OH is 1. The van der Waals surface area contributed by atoms with Crippen molar-refractivity contribution in [3.05, 3.63) is 35.4 Å². The fourth-order valence-corrected chi connectivity index (χ4v) is 3.12. The number of nitrogens with one attached hydrogen (secondary N) is 1. The Morgan fingerprint density at radius 2 is 2.10 bits per heavy atom. The highest BCUT2D eigenvalue weighted by molar-refractivity contribution is 5.40. The van der Waals surface area contributed by atoms with Gasteiger partial charge in [0, 0.05) is 38.6 Å². The van der Waals surface area contributed by atoms with Crippen molar-refractivity contribution in [1.82, 2.24) is 10.2 Å². The largest absolute Gasteiger partial charge is 0.390 e. The van der Waals surface area contributed by atoms with Crippen molar-refractivity contribution >= 4 is 0 Å². The first-order valence-corrected chi connectivity index (χ1v) is 7.59. The zero-order chi connectivity index (χ0) is 13.8. The van der Waals surface area contributed by atoms with Crippen LogP contribution in [0.15, 0.2) is 24.3 Å². The summed E-state index contributed by atoms with van der Waals surface area (Å²) in [5.41, 5.74) is 2.95. The molecule has 0 amide bonds. The molecule has 2 N–H and O–H groups in total. The minimum absolute atomic E-state index is 0.288. The lowest BCUT2D eigenvalue weighted by atomic mass is 9.77. The molecule has 4 heteroatoms. The molecule has 3 rings (SSSR count). The average molecular weight is 276 g/mol. The van der Waals surface area contributed by atoms with E-state index in [0.29, 0.717) is 12.5 Å². The van der Waals surface area contributed by atoms with Gasteiger partial charge in [0.05, 0.1) is 19.3 Å². The van der Waals surface area contributed by atoms with Gasteiger partial charge in [-0.25, -0.2) is 0 Å². The third-order valence-corrected chi connectivity index (χ3v) is 4.30. The number of ether oxygens (including phenoxy) is 1. The predicted molar refractivity (Wildman–Crippen MR) is 79.0 cm³/mol. The Morgan fingerprint density at radius 1 is 1.30 bits per heavy atom. The molecule has 1 saturated heterocycles. The molecule has 2 aliphatic rings. The molecule has 1 heterocycles. The van der Waals surface area contributed by atoms with Crippen LogP contribution in [0, 0.1) is 0 Å². The Labute approximate surface area is 120 Å². The molecular formula is C16H24N2O2. The van der Waals surface area contributed by atoms with Crippen molar-refractivity contribution in [3.63, 3.8) is 0 Å². The van der Waals surface area contributed by atoms with Crippen LogP contribution in [-0.4, -0.2) is 62.0 Å². The van der Waals surface area contributed by atoms with Crippen molar-refractivity contribution < 1.29 is 9.84 Å². The molecule has 0 bridgehead atoms. The van der Waals surface area contributed by atoms with Gasteiger partial charge in [-0.2, -0.15) is 0 Å². The maximum absolute atomic E-state index is 10.1. The lowest BCUT2D eigenvalue weighted by Gasteiger charge is -2.31. The number of hydrogen-bond donors (Lipinski definition) is 2. The van der Waals surface area contributed by atoms with Crippen LogP contribution in [0.3, 0.4) is 0 Å². The Balaban J connectivity index is 1.34. The second-order valence-electron chi connectivity index (χ2n) is 5.82. The van der Waals surface area contributed by atoms with Gasteiger partial charge in [-0.1, -0.05) is 24.3 Å². The zero-order valence-electron chi connectivity index (χ0n) is 11.9. The molecule has 0 aromatic heterocycles. The molecule has 1 aliphatic heterocycles. The van der Waals surface area contributed by atoms with Gasteiger partial charge in [0.1, 0.15) is 0 Å². The normalized spacial score (nSPS) is 23.9. The summed E-state index contributed by atoms with van der Waals surface area (Å²) < 4.78 is 5.31. The number of benzene rings is 1. The lowest BCUT2D eigenvalue weighted by molar-refractivity contribution is 0.0149. The number of fused-ring (bicyclic) bond motifs is 1. The summed E-state index contributed by atoms with van der Waals surface area (Å²) in [5, 5.41) is 13.5. The van der Waals surface area contributed by atoms with Crippen molar-refractivity contribution in [2.24, 2.45) is 0 Å². The average Bonchev–Trinajstić information content (AvgIpc) is 2.45. The summed E-state index contributed by atoms with van der Waals surface area (Å²) >= 11 is 0.